The van der Waals surface area contributed by atoms with Gasteiger partial charge in [0.15, 0.2) is 0 Å². The molecule has 0 aliphatic rings. The fourth-order valence-electron chi connectivity index (χ4n) is 1.55. The minimum Gasteiger partial charge on any atom is -0.459 e. The van der Waals surface area contributed by atoms with Crippen molar-refractivity contribution in [1.29, 1.82) is 0 Å². The zero-order valence-corrected chi connectivity index (χ0v) is 12.1. The minimum absolute atomic E-state index is 0.0997. The molecule has 0 aliphatic heterocycles. The summed E-state index contributed by atoms with van der Waals surface area (Å²) in [6, 6.07) is -0.503. The van der Waals surface area contributed by atoms with Crippen molar-refractivity contribution in [2.45, 2.75) is 45.5 Å². The molecule has 118 valence electrons. The number of esters is 1. The quantitative estimate of drug-likeness (QED) is 0.569. The van der Waals surface area contributed by atoms with Crippen molar-refractivity contribution in [3.63, 3.8) is 0 Å². The van der Waals surface area contributed by atoms with E-state index in [-0.39, 0.29) is 6.54 Å². The molecule has 20 heavy (non-hydrogen) atoms. The molecule has 0 saturated heterocycles. The van der Waals surface area contributed by atoms with E-state index in [9.17, 15) is 22.8 Å². The van der Waals surface area contributed by atoms with Gasteiger partial charge in [-0.15, -0.1) is 0 Å². The van der Waals surface area contributed by atoms with Gasteiger partial charge in [-0.1, -0.05) is 0 Å². The fraction of sp³-hybridized carbons (Fsp3) is 0.833. The predicted octanol–water partition coefficient (Wildman–Crippen LogP) is 1.33. The topological polar surface area (TPSA) is 58.6 Å². The maximum atomic E-state index is 12.4. The summed E-state index contributed by atoms with van der Waals surface area (Å²) in [4.78, 5) is 22.7. The maximum Gasteiger partial charge on any atom is 0.401 e. The van der Waals surface area contributed by atoms with Gasteiger partial charge in [0.05, 0.1) is 13.1 Å². The Morgan fingerprint density at radius 1 is 1.35 bits per heavy atom. The minimum atomic E-state index is -4.43. The fourth-order valence-corrected chi connectivity index (χ4v) is 1.55. The second-order valence-corrected chi connectivity index (χ2v) is 5.56. The van der Waals surface area contributed by atoms with Crippen LogP contribution in [0.2, 0.25) is 0 Å². The average Bonchev–Trinajstić information content (AvgIpc) is 2.10. The van der Waals surface area contributed by atoms with Crippen LogP contribution in [0.4, 0.5) is 13.2 Å². The molecule has 0 heterocycles. The number of hydrogen-bond acceptors (Lipinski definition) is 4. The smallest absolute Gasteiger partial charge is 0.401 e. The lowest BCUT2D eigenvalue weighted by Gasteiger charge is -2.27. The largest absolute Gasteiger partial charge is 0.459 e. The lowest BCUT2D eigenvalue weighted by molar-refractivity contribution is -0.164. The highest BCUT2D eigenvalue weighted by Gasteiger charge is 2.32. The molecule has 0 aromatic carbocycles. The van der Waals surface area contributed by atoms with Crippen LogP contribution in [-0.4, -0.2) is 54.7 Å². The first kappa shape index (κ1) is 18.7. The molecule has 0 bridgehead atoms. The van der Waals surface area contributed by atoms with Crippen LogP contribution in [-0.2, 0) is 14.3 Å². The molecule has 5 nitrogen and oxygen atoms in total. The molecule has 1 unspecified atom stereocenters. The van der Waals surface area contributed by atoms with E-state index in [0.717, 1.165) is 4.90 Å². The number of rotatable bonds is 7. The number of carbonyl (C=O) groups excluding carboxylic acids is 2. The highest BCUT2D eigenvalue weighted by Crippen LogP contribution is 2.17. The van der Waals surface area contributed by atoms with Crippen LogP contribution in [0.1, 0.15) is 27.7 Å². The summed E-state index contributed by atoms with van der Waals surface area (Å²) in [5.74, 6) is -0.736. The molecule has 1 atom stereocenters. The monoisotopic (exact) mass is 298 g/mol. The number of nitrogens with zero attached hydrogens (tertiary/aromatic N) is 1. The highest BCUT2D eigenvalue weighted by atomic mass is 19.4. The van der Waals surface area contributed by atoms with E-state index in [4.69, 9.17) is 4.74 Å². The van der Waals surface area contributed by atoms with Crippen LogP contribution in [0.3, 0.4) is 0 Å². The standard InChI is InChI=1S/C12H21F3N2O3/c1-9(16-8-18)5-17(7-12(13,14)15)6-10(19)20-11(2,3)4/h8-9H,5-7H2,1-4H3,(H,16,18). The summed E-state index contributed by atoms with van der Waals surface area (Å²) >= 11 is 0. The lowest BCUT2D eigenvalue weighted by atomic mass is 10.2. The van der Waals surface area contributed by atoms with E-state index in [2.05, 4.69) is 5.32 Å². The van der Waals surface area contributed by atoms with Gasteiger partial charge in [0.2, 0.25) is 6.41 Å². The molecule has 0 aromatic rings. The number of alkyl halides is 3. The van der Waals surface area contributed by atoms with E-state index in [1.54, 1.807) is 27.7 Å². The molecule has 0 aromatic heterocycles. The summed E-state index contributed by atoms with van der Waals surface area (Å²) in [5, 5.41) is 2.34. The third-order valence-electron chi connectivity index (χ3n) is 2.06. The Hall–Kier alpha value is -1.31. The summed E-state index contributed by atoms with van der Waals surface area (Å²) < 4.78 is 42.3. The van der Waals surface area contributed by atoms with Crippen LogP contribution < -0.4 is 5.32 Å². The van der Waals surface area contributed by atoms with Gasteiger partial charge < -0.3 is 10.1 Å². The van der Waals surface area contributed by atoms with Gasteiger partial charge in [-0.2, -0.15) is 13.2 Å². The molecule has 0 fully saturated rings. The van der Waals surface area contributed by atoms with Crippen LogP contribution in [0, 0.1) is 0 Å². The second kappa shape index (κ2) is 7.47. The molecule has 0 aliphatic carbocycles. The molecular weight excluding hydrogens is 277 g/mol. The summed E-state index contributed by atoms with van der Waals surface area (Å²) in [6.07, 6.45) is -4.02. The van der Waals surface area contributed by atoms with Gasteiger partial charge in [0.1, 0.15) is 5.60 Å². The van der Waals surface area contributed by atoms with E-state index in [1.807, 2.05) is 0 Å². The summed E-state index contributed by atoms with van der Waals surface area (Å²) in [7, 11) is 0. The molecule has 0 rings (SSSR count). The van der Waals surface area contributed by atoms with Gasteiger partial charge in [0.25, 0.3) is 0 Å². The van der Waals surface area contributed by atoms with Crippen LogP contribution in [0.15, 0.2) is 0 Å². The highest BCUT2D eigenvalue weighted by molar-refractivity contribution is 5.72. The molecule has 1 amide bonds. The van der Waals surface area contributed by atoms with E-state index >= 15 is 0 Å². The first-order chi connectivity index (χ1) is 8.93. The van der Waals surface area contributed by atoms with Gasteiger partial charge in [-0.05, 0) is 27.7 Å². The lowest BCUT2D eigenvalue weighted by Crippen LogP contribution is -2.46. The number of halogens is 3. The van der Waals surface area contributed by atoms with Gasteiger partial charge in [0, 0.05) is 12.6 Å². The number of ether oxygens (including phenoxy) is 1. The Labute approximate surface area is 116 Å². The molecule has 8 heteroatoms. The van der Waals surface area contributed by atoms with Crippen LogP contribution in [0.5, 0.6) is 0 Å². The third-order valence-corrected chi connectivity index (χ3v) is 2.06. The molecule has 0 radical (unpaired) electrons. The zero-order valence-electron chi connectivity index (χ0n) is 12.1. The van der Waals surface area contributed by atoms with Gasteiger partial charge >= 0.3 is 12.1 Å². The number of hydrogen-bond donors (Lipinski definition) is 1. The van der Waals surface area contributed by atoms with Crippen molar-refractivity contribution >= 4 is 12.4 Å². The number of nitrogens with one attached hydrogen (secondary N) is 1. The van der Waals surface area contributed by atoms with Crippen LogP contribution >= 0.6 is 0 Å². The van der Waals surface area contributed by atoms with Crippen LogP contribution in [0.25, 0.3) is 0 Å². The first-order valence-electron chi connectivity index (χ1n) is 6.13. The number of amides is 1. The van der Waals surface area contributed by atoms with Crippen molar-refractivity contribution < 1.29 is 27.5 Å². The van der Waals surface area contributed by atoms with E-state index in [0.29, 0.717) is 6.41 Å². The Kier molecular flexibility index (Phi) is 6.98. The van der Waals surface area contributed by atoms with Crippen molar-refractivity contribution in [2.24, 2.45) is 0 Å². The van der Waals surface area contributed by atoms with E-state index < -0.39 is 36.9 Å². The normalized spacial score (nSPS) is 14.0. The summed E-state index contributed by atoms with van der Waals surface area (Å²) in [6.45, 7) is 4.63. The summed E-state index contributed by atoms with van der Waals surface area (Å²) in [5.41, 5.74) is -0.756. The second-order valence-electron chi connectivity index (χ2n) is 5.56. The number of carbonyl (C=O) groups is 2. The zero-order chi connectivity index (χ0) is 16.0. The van der Waals surface area contributed by atoms with Crippen molar-refractivity contribution in [1.82, 2.24) is 10.2 Å². The Morgan fingerprint density at radius 3 is 2.30 bits per heavy atom. The van der Waals surface area contributed by atoms with Gasteiger partial charge in [-0.25, -0.2) is 0 Å². The molecular formula is C12H21F3N2O3. The Balaban J connectivity index is 4.60. The first-order valence-corrected chi connectivity index (χ1v) is 6.13. The van der Waals surface area contributed by atoms with E-state index in [1.165, 1.54) is 0 Å². The molecule has 1 N–H and O–H groups in total. The molecule has 0 saturated carbocycles. The Morgan fingerprint density at radius 2 is 1.90 bits per heavy atom. The molecule has 0 spiro atoms. The third kappa shape index (κ3) is 10.6. The maximum absolute atomic E-state index is 12.4. The van der Waals surface area contributed by atoms with Crippen molar-refractivity contribution in [3.05, 3.63) is 0 Å². The van der Waals surface area contributed by atoms with Crippen molar-refractivity contribution in [3.8, 4) is 0 Å². The van der Waals surface area contributed by atoms with Gasteiger partial charge in [-0.3, -0.25) is 14.5 Å². The predicted molar refractivity (Wildman–Crippen MR) is 67.0 cm³/mol. The SMILES string of the molecule is CC(CN(CC(=O)OC(C)(C)C)CC(F)(F)F)NC=O. The average molecular weight is 298 g/mol. The van der Waals surface area contributed by atoms with Crippen molar-refractivity contribution in [2.75, 3.05) is 19.6 Å². The Bertz CT molecular complexity index is 327.